The number of carboxylic acid groups (broad SMARTS) is 1. The van der Waals surface area contributed by atoms with E-state index < -0.39 is 5.97 Å². The average molecular weight is 339 g/mol. The van der Waals surface area contributed by atoms with Gasteiger partial charge in [0.1, 0.15) is 11.5 Å². The fourth-order valence-corrected chi connectivity index (χ4v) is 3.15. The van der Waals surface area contributed by atoms with Crippen molar-refractivity contribution in [1.29, 1.82) is 0 Å². The largest absolute Gasteiger partial charge is 0.497 e. The molecule has 25 heavy (non-hydrogen) atoms. The molecule has 0 aliphatic carbocycles. The van der Waals surface area contributed by atoms with Crippen molar-refractivity contribution in [2.24, 2.45) is 0 Å². The Balaban J connectivity index is 2.09. The number of rotatable bonds is 6. The molecule has 1 heterocycles. The summed E-state index contributed by atoms with van der Waals surface area (Å²) in [4.78, 5) is 11.3. The molecule has 0 spiro atoms. The highest BCUT2D eigenvalue weighted by atomic mass is 16.5. The molecule has 0 amide bonds. The van der Waals surface area contributed by atoms with Crippen LogP contribution in [0.25, 0.3) is 10.9 Å². The topological polar surface area (TPSA) is 60.7 Å². The summed E-state index contributed by atoms with van der Waals surface area (Å²) < 4.78 is 12.7. The van der Waals surface area contributed by atoms with Crippen molar-refractivity contribution >= 4 is 16.9 Å². The molecule has 5 heteroatoms. The third-order valence-corrected chi connectivity index (χ3v) is 4.49. The van der Waals surface area contributed by atoms with E-state index in [1.165, 1.54) is 0 Å². The lowest BCUT2D eigenvalue weighted by Gasteiger charge is -2.10. The van der Waals surface area contributed by atoms with E-state index in [4.69, 9.17) is 9.47 Å². The van der Waals surface area contributed by atoms with E-state index in [0.717, 1.165) is 39.2 Å². The van der Waals surface area contributed by atoms with Crippen LogP contribution in [0, 0.1) is 6.92 Å². The van der Waals surface area contributed by atoms with Crippen LogP contribution in [0.4, 0.5) is 0 Å². The summed E-state index contributed by atoms with van der Waals surface area (Å²) in [5.74, 6) is 0.698. The van der Waals surface area contributed by atoms with Crippen LogP contribution in [0.2, 0.25) is 0 Å². The van der Waals surface area contributed by atoms with Crippen molar-refractivity contribution in [3.63, 3.8) is 0 Å². The number of hydrogen-bond acceptors (Lipinski definition) is 3. The van der Waals surface area contributed by atoms with Crippen LogP contribution in [0.3, 0.4) is 0 Å². The number of methoxy groups -OCH3 is 2. The lowest BCUT2D eigenvalue weighted by Crippen LogP contribution is -2.05. The van der Waals surface area contributed by atoms with Crippen molar-refractivity contribution in [2.45, 2.75) is 19.9 Å². The maximum absolute atomic E-state index is 11.3. The van der Waals surface area contributed by atoms with Crippen molar-refractivity contribution in [1.82, 2.24) is 4.57 Å². The number of ether oxygens (including phenoxy) is 2. The lowest BCUT2D eigenvalue weighted by atomic mass is 10.1. The molecule has 3 rings (SSSR count). The van der Waals surface area contributed by atoms with Gasteiger partial charge in [0.15, 0.2) is 0 Å². The molecule has 0 saturated carbocycles. The Kier molecular flexibility index (Phi) is 4.65. The van der Waals surface area contributed by atoms with Gasteiger partial charge >= 0.3 is 5.97 Å². The van der Waals surface area contributed by atoms with Gasteiger partial charge in [-0.25, -0.2) is 0 Å². The molecular formula is C20H21NO4. The number of fused-ring (bicyclic) bond motifs is 1. The van der Waals surface area contributed by atoms with Crippen molar-refractivity contribution in [2.75, 3.05) is 14.2 Å². The first kappa shape index (κ1) is 16.9. The second kappa shape index (κ2) is 6.89. The summed E-state index contributed by atoms with van der Waals surface area (Å²) in [6, 6.07) is 13.7. The molecule has 0 aliphatic rings. The first-order valence-electron chi connectivity index (χ1n) is 8.04. The molecule has 0 atom stereocenters. The lowest BCUT2D eigenvalue weighted by molar-refractivity contribution is -0.136. The number of carbonyl (C=O) groups is 1. The predicted octanol–water partition coefficient (Wildman–Crippen LogP) is 3.64. The van der Waals surface area contributed by atoms with Gasteiger partial charge in [-0.05, 0) is 48.4 Å². The highest BCUT2D eigenvalue weighted by Gasteiger charge is 2.17. The van der Waals surface area contributed by atoms with Crippen molar-refractivity contribution in [3.05, 3.63) is 59.3 Å². The summed E-state index contributed by atoms with van der Waals surface area (Å²) in [5, 5.41) is 10.2. The van der Waals surface area contributed by atoms with Crippen LogP contribution in [0.5, 0.6) is 11.5 Å². The number of aromatic nitrogens is 1. The minimum atomic E-state index is -0.839. The zero-order valence-corrected chi connectivity index (χ0v) is 14.6. The summed E-state index contributed by atoms with van der Waals surface area (Å²) in [6.45, 7) is 2.63. The first-order chi connectivity index (χ1) is 12.0. The Morgan fingerprint density at radius 1 is 1.04 bits per heavy atom. The zero-order valence-electron chi connectivity index (χ0n) is 14.6. The van der Waals surface area contributed by atoms with Crippen molar-refractivity contribution < 1.29 is 19.4 Å². The van der Waals surface area contributed by atoms with Crippen LogP contribution in [-0.2, 0) is 17.8 Å². The van der Waals surface area contributed by atoms with Crippen LogP contribution < -0.4 is 9.47 Å². The molecule has 130 valence electrons. The van der Waals surface area contributed by atoms with E-state index in [1.807, 2.05) is 49.4 Å². The molecule has 2 aromatic carbocycles. The summed E-state index contributed by atoms with van der Waals surface area (Å²) >= 11 is 0. The Hall–Kier alpha value is -2.95. The number of carboxylic acids is 1. The van der Waals surface area contributed by atoms with E-state index >= 15 is 0 Å². The fourth-order valence-electron chi connectivity index (χ4n) is 3.15. The fraction of sp³-hybridized carbons (Fsp3) is 0.250. The number of benzene rings is 2. The number of aliphatic carboxylic acids is 1. The van der Waals surface area contributed by atoms with Crippen LogP contribution in [0.15, 0.2) is 42.5 Å². The summed E-state index contributed by atoms with van der Waals surface area (Å²) in [5.41, 5.74) is 3.92. The van der Waals surface area contributed by atoms with Crippen LogP contribution in [-0.4, -0.2) is 29.9 Å². The van der Waals surface area contributed by atoms with E-state index in [0.29, 0.717) is 6.54 Å². The van der Waals surface area contributed by atoms with Crippen molar-refractivity contribution in [3.8, 4) is 11.5 Å². The van der Waals surface area contributed by atoms with Gasteiger partial charge in [0.05, 0.1) is 20.6 Å². The normalized spacial score (nSPS) is 10.8. The van der Waals surface area contributed by atoms with Gasteiger partial charge in [0.2, 0.25) is 0 Å². The molecule has 0 unspecified atom stereocenters. The molecule has 0 bridgehead atoms. The maximum Gasteiger partial charge on any atom is 0.307 e. The van der Waals surface area contributed by atoms with Gasteiger partial charge in [-0.1, -0.05) is 12.1 Å². The molecule has 3 aromatic rings. The monoisotopic (exact) mass is 339 g/mol. The Labute approximate surface area is 146 Å². The molecule has 5 nitrogen and oxygen atoms in total. The van der Waals surface area contributed by atoms with Gasteiger partial charge in [0.25, 0.3) is 0 Å². The zero-order chi connectivity index (χ0) is 18.0. The minimum absolute atomic E-state index is 0.00882. The predicted molar refractivity (Wildman–Crippen MR) is 96.7 cm³/mol. The molecule has 0 aliphatic heterocycles. The van der Waals surface area contributed by atoms with E-state index in [1.54, 1.807) is 14.2 Å². The van der Waals surface area contributed by atoms with Crippen LogP contribution in [0.1, 0.15) is 16.8 Å². The SMILES string of the molecule is COc1ccc(Cn2c(C)c(CC(=O)O)c3cc(OC)ccc32)cc1. The molecule has 0 fully saturated rings. The van der Waals surface area contributed by atoms with E-state index in [2.05, 4.69) is 4.57 Å². The minimum Gasteiger partial charge on any atom is -0.497 e. The third-order valence-electron chi connectivity index (χ3n) is 4.49. The van der Waals surface area contributed by atoms with Crippen LogP contribution >= 0.6 is 0 Å². The Morgan fingerprint density at radius 3 is 2.28 bits per heavy atom. The van der Waals surface area contributed by atoms with Gasteiger partial charge in [-0.3, -0.25) is 4.79 Å². The number of nitrogens with zero attached hydrogens (tertiary/aromatic N) is 1. The number of hydrogen-bond donors (Lipinski definition) is 1. The quantitative estimate of drug-likeness (QED) is 0.745. The summed E-state index contributed by atoms with van der Waals surface area (Å²) in [6.07, 6.45) is -0.00882. The summed E-state index contributed by atoms with van der Waals surface area (Å²) in [7, 11) is 3.25. The third kappa shape index (κ3) is 3.31. The van der Waals surface area contributed by atoms with Gasteiger partial charge < -0.3 is 19.1 Å². The van der Waals surface area contributed by atoms with E-state index in [-0.39, 0.29) is 6.42 Å². The molecular weight excluding hydrogens is 318 g/mol. The highest BCUT2D eigenvalue weighted by Crippen LogP contribution is 2.30. The maximum atomic E-state index is 11.3. The molecule has 0 saturated heterocycles. The molecule has 1 N–H and O–H groups in total. The second-order valence-electron chi connectivity index (χ2n) is 5.95. The smallest absolute Gasteiger partial charge is 0.307 e. The van der Waals surface area contributed by atoms with Gasteiger partial charge in [0, 0.05) is 23.1 Å². The van der Waals surface area contributed by atoms with Gasteiger partial charge in [-0.2, -0.15) is 0 Å². The molecule has 1 aromatic heterocycles. The average Bonchev–Trinajstić information content (AvgIpc) is 2.87. The van der Waals surface area contributed by atoms with Gasteiger partial charge in [-0.15, -0.1) is 0 Å². The Morgan fingerprint density at radius 2 is 1.68 bits per heavy atom. The molecule has 0 radical (unpaired) electrons. The Bertz CT molecular complexity index is 910. The van der Waals surface area contributed by atoms with E-state index in [9.17, 15) is 9.90 Å². The standard InChI is InChI=1S/C20H21NO4/c1-13-17(11-20(22)23)18-10-16(25-3)8-9-19(18)21(13)12-14-4-6-15(24-2)7-5-14/h4-10H,11-12H2,1-3H3,(H,22,23). The second-order valence-corrected chi connectivity index (χ2v) is 5.95. The highest BCUT2D eigenvalue weighted by molar-refractivity contribution is 5.90. The first-order valence-corrected chi connectivity index (χ1v) is 8.04.